The fourth-order valence-corrected chi connectivity index (χ4v) is 1.39. The molecule has 1 N–H and O–H groups in total. The summed E-state index contributed by atoms with van der Waals surface area (Å²) in [4.78, 5) is 10.7. The minimum absolute atomic E-state index is 0.0255. The summed E-state index contributed by atoms with van der Waals surface area (Å²) >= 11 is 0. The third kappa shape index (κ3) is 4.13. The van der Waals surface area contributed by atoms with Gasteiger partial charge in [-0.05, 0) is 31.5 Å². The number of carbonyl (C=O) groups is 1. The number of ether oxygens (including phenoxy) is 1. The van der Waals surface area contributed by atoms with Crippen LogP contribution >= 0.6 is 0 Å². The quantitative estimate of drug-likeness (QED) is 0.752. The molecule has 0 aliphatic rings. The van der Waals surface area contributed by atoms with Crippen molar-refractivity contribution in [1.82, 2.24) is 0 Å². The maximum absolute atomic E-state index is 10.7. The molecule has 0 bridgehead atoms. The van der Waals surface area contributed by atoms with E-state index in [1.54, 1.807) is 18.2 Å². The molecule has 0 saturated heterocycles. The summed E-state index contributed by atoms with van der Waals surface area (Å²) in [7, 11) is 0. The Balaban J connectivity index is 2.62. The van der Waals surface area contributed by atoms with Crippen molar-refractivity contribution in [3.63, 3.8) is 0 Å². The van der Waals surface area contributed by atoms with Gasteiger partial charge in [-0.3, -0.25) is 0 Å². The van der Waals surface area contributed by atoms with Crippen molar-refractivity contribution in [3.05, 3.63) is 29.8 Å². The minimum atomic E-state index is -0.438. The van der Waals surface area contributed by atoms with Crippen molar-refractivity contribution in [3.8, 4) is 5.75 Å². The van der Waals surface area contributed by atoms with E-state index in [9.17, 15) is 9.90 Å². The van der Waals surface area contributed by atoms with Crippen molar-refractivity contribution in [2.24, 2.45) is 0 Å². The van der Waals surface area contributed by atoms with Crippen LogP contribution in [0.3, 0.4) is 0 Å². The standard InChI is InChI=1S/C12H16O3/c1-9(2)15-12(8-13)7-10-4-3-5-11(14)6-10/h3-6,8-9,12,14H,7H2,1-2H3/t12-/m0/s1. The van der Waals surface area contributed by atoms with E-state index in [-0.39, 0.29) is 11.9 Å². The lowest BCUT2D eigenvalue weighted by Crippen LogP contribution is -2.21. The summed E-state index contributed by atoms with van der Waals surface area (Å²) in [6.07, 6.45) is 0.879. The summed E-state index contributed by atoms with van der Waals surface area (Å²) < 4.78 is 5.39. The van der Waals surface area contributed by atoms with Crippen LogP contribution in [0.1, 0.15) is 19.4 Å². The number of phenols is 1. The molecule has 3 heteroatoms. The number of phenolic OH excluding ortho intramolecular Hbond substituents is 1. The van der Waals surface area contributed by atoms with Gasteiger partial charge >= 0.3 is 0 Å². The van der Waals surface area contributed by atoms with E-state index in [1.165, 1.54) is 0 Å². The highest BCUT2D eigenvalue weighted by Gasteiger charge is 2.10. The topological polar surface area (TPSA) is 46.5 Å². The molecule has 1 atom stereocenters. The number of benzene rings is 1. The lowest BCUT2D eigenvalue weighted by Gasteiger charge is -2.14. The molecule has 0 amide bonds. The largest absolute Gasteiger partial charge is 0.508 e. The first-order chi connectivity index (χ1) is 7.11. The summed E-state index contributed by atoms with van der Waals surface area (Å²) in [6.45, 7) is 3.78. The molecule has 1 aromatic rings. The van der Waals surface area contributed by atoms with Crippen molar-refractivity contribution < 1.29 is 14.6 Å². The van der Waals surface area contributed by atoms with Crippen molar-refractivity contribution in [1.29, 1.82) is 0 Å². The molecule has 0 aliphatic carbocycles. The molecule has 0 spiro atoms. The Hall–Kier alpha value is -1.35. The molecule has 15 heavy (non-hydrogen) atoms. The first-order valence-corrected chi connectivity index (χ1v) is 5.00. The Morgan fingerprint density at radius 1 is 1.47 bits per heavy atom. The van der Waals surface area contributed by atoms with Gasteiger partial charge in [0.25, 0.3) is 0 Å². The van der Waals surface area contributed by atoms with E-state index in [4.69, 9.17) is 4.74 Å². The van der Waals surface area contributed by atoms with Gasteiger partial charge in [0.05, 0.1) is 6.10 Å². The van der Waals surface area contributed by atoms with Gasteiger partial charge in [0, 0.05) is 6.42 Å². The number of hydrogen-bond acceptors (Lipinski definition) is 3. The molecule has 82 valence electrons. The second-order valence-corrected chi connectivity index (χ2v) is 3.73. The summed E-state index contributed by atoms with van der Waals surface area (Å²) in [5.74, 6) is 0.210. The van der Waals surface area contributed by atoms with Crippen LogP contribution in [0.4, 0.5) is 0 Å². The van der Waals surface area contributed by atoms with Gasteiger partial charge in [-0.15, -0.1) is 0 Å². The van der Waals surface area contributed by atoms with Gasteiger partial charge in [0.1, 0.15) is 18.1 Å². The second-order valence-electron chi connectivity index (χ2n) is 3.73. The molecule has 0 aliphatic heterocycles. The third-order valence-electron chi connectivity index (χ3n) is 1.95. The van der Waals surface area contributed by atoms with Crippen LogP contribution in [0.5, 0.6) is 5.75 Å². The van der Waals surface area contributed by atoms with Crippen LogP contribution in [0.2, 0.25) is 0 Å². The van der Waals surface area contributed by atoms with E-state index >= 15 is 0 Å². The molecule has 0 aromatic heterocycles. The summed E-state index contributed by atoms with van der Waals surface area (Å²) in [5.41, 5.74) is 0.896. The van der Waals surface area contributed by atoms with Crippen LogP contribution in [0, 0.1) is 0 Å². The van der Waals surface area contributed by atoms with Gasteiger partial charge in [-0.25, -0.2) is 0 Å². The Kier molecular flexibility index (Phi) is 4.31. The lowest BCUT2D eigenvalue weighted by molar-refractivity contribution is -0.120. The van der Waals surface area contributed by atoms with Gasteiger partial charge in [-0.1, -0.05) is 12.1 Å². The highest BCUT2D eigenvalue weighted by molar-refractivity contribution is 5.57. The predicted octanol–water partition coefficient (Wildman–Crippen LogP) is 1.93. The number of rotatable bonds is 5. The van der Waals surface area contributed by atoms with Crippen LogP contribution in [0.15, 0.2) is 24.3 Å². The first-order valence-electron chi connectivity index (χ1n) is 5.00. The fraction of sp³-hybridized carbons (Fsp3) is 0.417. The van der Waals surface area contributed by atoms with Gasteiger partial charge in [0.2, 0.25) is 0 Å². The summed E-state index contributed by atoms with van der Waals surface area (Å²) in [6, 6.07) is 6.85. The molecular formula is C12H16O3. The zero-order valence-corrected chi connectivity index (χ0v) is 9.01. The van der Waals surface area contributed by atoms with E-state index in [0.717, 1.165) is 11.8 Å². The molecule has 1 aromatic carbocycles. The average Bonchev–Trinajstić information content (AvgIpc) is 2.16. The minimum Gasteiger partial charge on any atom is -0.508 e. The maximum atomic E-state index is 10.7. The predicted molar refractivity (Wildman–Crippen MR) is 57.9 cm³/mol. The molecule has 1 rings (SSSR count). The van der Waals surface area contributed by atoms with Crippen molar-refractivity contribution >= 4 is 6.29 Å². The number of carbonyl (C=O) groups excluding carboxylic acids is 1. The van der Waals surface area contributed by atoms with Crippen LogP contribution < -0.4 is 0 Å². The smallest absolute Gasteiger partial charge is 0.149 e. The Labute approximate surface area is 89.7 Å². The van der Waals surface area contributed by atoms with Crippen molar-refractivity contribution in [2.45, 2.75) is 32.5 Å². The zero-order chi connectivity index (χ0) is 11.3. The molecule has 0 heterocycles. The molecule has 0 fully saturated rings. The Morgan fingerprint density at radius 3 is 2.73 bits per heavy atom. The van der Waals surface area contributed by atoms with Gasteiger partial charge in [0.15, 0.2) is 0 Å². The average molecular weight is 208 g/mol. The highest BCUT2D eigenvalue weighted by atomic mass is 16.5. The first kappa shape index (κ1) is 11.7. The highest BCUT2D eigenvalue weighted by Crippen LogP contribution is 2.13. The summed E-state index contributed by atoms with van der Waals surface area (Å²) in [5, 5.41) is 9.25. The van der Waals surface area contributed by atoms with E-state index in [0.29, 0.717) is 6.42 Å². The number of aldehydes is 1. The Morgan fingerprint density at radius 2 is 2.20 bits per heavy atom. The van der Waals surface area contributed by atoms with Gasteiger partial charge < -0.3 is 14.6 Å². The van der Waals surface area contributed by atoms with E-state index in [1.807, 2.05) is 19.9 Å². The lowest BCUT2D eigenvalue weighted by atomic mass is 10.1. The number of aromatic hydroxyl groups is 1. The van der Waals surface area contributed by atoms with Crippen LogP contribution in [-0.2, 0) is 16.0 Å². The van der Waals surface area contributed by atoms with E-state index in [2.05, 4.69) is 0 Å². The number of hydrogen-bond donors (Lipinski definition) is 1. The SMILES string of the molecule is CC(C)O[C@H](C=O)Cc1cccc(O)c1. The molecular weight excluding hydrogens is 192 g/mol. The molecule has 3 nitrogen and oxygen atoms in total. The molecule has 0 radical (unpaired) electrons. The normalized spacial score (nSPS) is 12.7. The van der Waals surface area contributed by atoms with Crippen LogP contribution in [-0.4, -0.2) is 23.6 Å². The van der Waals surface area contributed by atoms with E-state index < -0.39 is 6.10 Å². The maximum Gasteiger partial charge on any atom is 0.149 e. The second kappa shape index (κ2) is 5.51. The monoisotopic (exact) mass is 208 g/mol. The molecule has 0 saturated carbocycles. The van der Waals surface area contributed by atoms with Crippen LogP contribution in [0.25, 0.3) is 0 Å². The molecule has 0 unspecified atom stereocenters. The third-order valence-corrected chi connectivity index (χ3v) is 1.95. The zero-order valence-electron chi connectivity index (χ0n) is 9.01. The van der Waals surface area contributed by atoms with Gasteiger partial charge in [-0.2, -0.15) is 0 Å². The Bertz CT molecular complexity index is 320. The fourth-order valence-electron chi connectivity index (χ4n) is 1.39. The van der Waals surface area contributed by atoms with Crippen molar-refractivity contribution in [2.75, 3.05) is 0 Å².